The van der Waals surface area contributed by atoms with Crippen LogP contribution in [0.1, 0.15) is 6.42 Å². The number of carbonyl (C=O) groups excluding carboxylic acids is 1. The Kier molecular flexibility index (Phi) is 3.98. The molecule has 2 saturated heterocycles. The molecular formula is C10H19N3O3. The zero-order chi connectivity index (χ0) is 11.4. The second kappa shape index (κ2) is 5.47. The molecule has 2 fully saturated rings. The SMILES string of the molecule is NCC1CN(C(=O)NC2CCOC2)CCO1. The maximum Gasteiger partial charge on any atom is 0.317 e. The van der Waals surface area contributed by atoms with Crippen molar-refractivity contribution in [3.05, 3.63) is 0 Å². The lowest BCUT2D eigenvalue weighted by Gasteiger charge is -2.33. The lowest BCUT2D eigenvalue weighted by Crippen LogP contribution is -2.53. The number of hydrogen-bond acceptors (Lipinski definition) is 4. The summed E-state index contributed by atoms with van der Waals surface area (Å²) in [7, 11) is 0. The van der Waals surface area contributed by atoms with Gasteiger partial charge in [-0.1, -0.05) is 0 Å². The van der Waals surface area contributed by atoms with Crippen molar-refractivity contribution >= 4 is 6.03 Å². The lowest BCUT2D eigenvalue weighted by molar-refractivity contribution is -0.00900. The molecule has 6 nitrogen and oxygen atoms in total. The van der Waals surface area contributed by atoms with Crippen LogP contribution in [0, 0.1) is 0 Å². The third kappa shape index (κ3) is 2.84. The van der Waals surface area contributed by atoms with E-state index in [4.69, 9.17) is 15.2 Å². The van der Waals surface area contributed by atoms with Gasteiger partial charge in [-0.3, -0.25) is 0 Å². The van der Waals surface area contributed by atoms with E-state index in [1.165, 1.54) is 0 Å². The fraction of sp³-hybridized carbons (Fsp3) is 0.900. The number of amides is 2. The summed E-state index contributed by atoms with van der Waals surface area (Å²) in [4.78, 5) is 13.6. The van der Waals surface area contributed by atoms with Crippen molar-refractivity contribution in [1.29, 1.82) is 0 Å². The molecule has 2 rings (SSSR count). The Labute approximate surface area is 95.1 Å². The number of hydrogen-bond donors (Lipinski definition) is 2. The fourth-order valence-electron chi connectivity index (χ4n) is 1.96. The number of ether oxygens (including phenoxy) is 2. The predicted molar refractivity (Wildman–Crippen MR) is 58.1 cm³/mol. The first-order valence-corrected chi connectivity index (χ1v) is 5.74. The standard InChI is InChI=1S/C10H19N3O3/c11-5-9-6-13(2-4-16-9)10(14)12-8-1-3-15-7-8/h8-9H,1-7,11H2,(H,12,14). The predicted octanol–water partition coefficient (Wildman–Crippen LogP) is -0.856. The van der Waals surface area contributed by atoms with Crippen LogP contribution >= 0.6 is 0 Å². The first kappa shape index (κ1) is 11.6. The van der Waals surface area contributed by atoms with Crippen molar-refractivity contribution in [2.75, 3.05) is 39.5 Å². The third-order valence-electron chi connectivity index (χ3n) is 2.95. The molecule has 0 aromatic heterocycles. The van der Waals surface area contributed by atoms with Crippen LogP contribution in [0.3, 0.4) is 0 Å². The molecule has 0 radical (unpaired) electrons. The van der Waals surface area contributed by atoms with Crippen molar-refractivity contribution in [2.24, 2.45) is 5.73 Å². The zero-order valence-electron chi connectivity index (χ0n) is 9.35. The molecule has 0 saturated carbocycles. The molecule has 0 spiro atoms. The second-order valence-corrected chi connectivity index (χ2v) is 4.18. The van der Waals surface area contributed by atoms with Crippen molar-refractivity contribution in [3.63, 3.8) is 0 Å². The van der Waals surface area contributed by atoms with Crippen LogP contribution in [0.4, 0.5) is 4.79 Å². The van der Waals surface area contributed by atoms with Gasteiger partial charge < -0.3 is 25.4 Å². The van der Waals surface area contributed by atoms with Gasteiger partial charge in [0.25, 0.3) is 0 Å². The first-order chi connectivity index (χ1) is 7.79. The number of nitrogens with two attached hydrogens (primary N) is 1. The molecular weight excluding hydrogens is 210 g/mol. The van der Waals surface area contributed by atoms with E-state index >= 15 is 0 Å². The van der Waals surface area contributed by atoms with Crippen LogP contribution in [0.5, 0.6) is 0 Å². The van der Waals surface area contributed by atoms with Crippen molar-refractivity contribution in [3.8, 4) is 0 Å². The zero-order valence-corrected chi connectivity index (χ0v) is 9.35. The molecule has 2 atom stereocenters. The number of urea groups is 1. The van der Waals surface area contributed by atoms with Crippen molar-refractivity contribution < 1.29 is 14.3 Å². The Bertz CT molecular complexity index is 243. The van der Waals surface area contributed by atoms with E-state index in [0.717, 1.165) is 13.0 Å². The van der Waals surface area contributed by atoms with E-state index in [1.807, 2.05) is 0 Å². The van der Waals surface area contributed by atoms with Gasteiger partial charge in [0.1, 0.15) is 0 Å². The van der Waals surface area contributed by atoms with Crippen LogP contribution in [0.15, 0.2) is 0 Å². The number of rotatable bonds is 2. The summed E-state index contributed by atoms with van der Waals surface area (Å²) in [6, 6.07) is 0.129. The van der Waals surface area contributed by atoms with Gasteiger partial charge in [0.2, 0.25) is 0 Å². The Morgan fingerprint density at radius 2 is 2.38 bits per heavy atom. The molecule has 2 aliphatic rings. The molecule has 16 heavy (non-hydrogen) atoms. The van der Waals surface area contributed by atoms with E-state index in [0.29, 0.717) is 32.8 Å². The van der Waals surface area contributed by atoms with Gasteiger partial charge in [0.15, 0.2) is 0 Å². The first-order valence-electron chi connectivity index (χ1n) is 5.74. The number of carbonyl (C=O) groups is 1. The summed E-state index contributed by atoms with van der Waals surface area (Å²) in [6.45, 7) is 3.59. The average molecular weight is 229 g/mol. The van der Waals surface area contributed by atoms with E-state index < -0.39 is 0 Å². The monoisotopic (exact) mass is 229 g/mol. The van der Waals surface area contributed by atoms with Crippen molar-refractivity contribution in [2.45, 2.75) is 18.6 Å². The van der Waals surface area contributed by atoms with Crippen molar-refractivity contribution in [1.82, 2.24) is 10.2 Å². The fourth-order valence-corrected chi connectivity index (χ4v) is 1.96. The smallest absolute Gasteiger partial charge is 0.317 e. The van der Waals surface area contributed by atoms with Crippen LogP contribution in [0.2, 0.25) is 0 Å². The van der Waals surface area contributed by atoms with E-state index in [1.54, 1.807) is 4.90 Å². The van der Waals surface area contributed by atoms with E-state index in [-0.39, 0.29) is 18.2 Å². The van der Waals surface area contributed by atoms with E-state index in [2.05, 4.69) is 5.32 Å². The molecule has 2 amide bonds. The Balaban J connectivity index is 1.79. The largest absolute Gasteiger partial charge is 0.379 e. The second-order valence-electron chi connectivity index (χ2n) is 4.18. The number of nitrogens with zero attached hydrogens (tertiary/aromatic N) is 1. The maximum atomic E-state index is 11.9. The highest BCUT2D eigenvalue weighted by Crippen LogP contribution is 2.07. The van der Waals surface area contributed by atoms with Gasteiger partial charge in [-0.25, -0.2) is 4.79 Å². The topological polar surface area (TPSA) is 76.8 Å². The van der Waals surface area contributed by atoms with Crippen LogP contribution in [-0.2, 0) is 9.47 Å². The minimum Gasteiger partial charge on any atom is -0.379 e. The highest BCUT2D eigenvalue weighted by molar-refractivity contribution is 5.74. The molecule has 3 N–H and O–H groups in total. The minimum atomic E-state index is -0.0303. The summed E-state index contributed by atoms with van der Waals surface area (Å²) < 4.78 is 10.6. The average Bonchev–Trinajstić information content (AvgIpc) is 2.82. The van der Waals surface area contributed by atoms with Crippen LogP contribution < -0.4 is 11.1 Å². The maximum absolute atomic E-state index is 11.9. The highest BCUT2D eigenvalue weighted by atomic mass is 16.5. The molecule has 0 aliphatic carbocycles. The van der Waals surface area contributed by atoms with Crippen LogP contribution in [0.25, 0.3) is 0 Å². The Hall–Kier alpha value is -0.850. The van der Waals surface area contributed by atoms with Gasteiger partial charge in [-0.05, 0) is 6.42 Å². The summed E-state index contributed by atoms with van der Waals surface area (Å²) in [5.74, 6) is 0. The third-order valence-corrected chi connectivity index (χ3v) is 2.95. The number of morpholine rings is 1. The minimum absolute atomic E-state index is 0.0284. The van der Waals surface area contributed by atoms with Gasteiger partial charge in [-0.15, -0.1) is 0 Å². The summed E-state index contributed by atoms with van der Waals surface area (Å²) in [6.07, 6.45) is 0.871. The molecule has 2 heterocycles. The highest BCUT2D eigenvalue weighted by Gasteiger charge is 2.26. The van der Waals surface area contributed by atoms with Crippen LogP contribution in [-0.4, -0.2) is 62.5 Å². The Morgan fingerprint density at radius 1 is 1.50 bits per heavy atom. The summed E-state index contributed by atoms with van der Waals surface area (Å²) >= 11 is 0. The normalized spacial score (nSPS) is 30.4. The number of nitrogens with one attached hydrogen (secondary N) is 1. The molecule has 0 aromatic carbocycles. The molecule has 2 aliphatic heterocycles. The van der Waals surface area contributed by atoms with Gasteiger partial charge in [-0.2, -0.15) is 0 Å². The molecule has 92 valence electrons. The van der Waals surface area contributed by atoms with Gasteiger partial charge in [0, 0.05) is 26.2 Å². The quantitative estimate of drug-likeness (QED) is 0.646. The lowest BCUT2D eigenvalue weighted by atomic mass is 10.2. The molecule has 0 bridgehead atoms. The van der Waals surface area contributed by atoms with Gasteiger partial charge >= 0.3 is 6.03 Å². The molecule has 2 unspecified atom stereocenters. The van der Waals surface area contributed by atoms with E-state index in [9.17, 15) is 4.79 Å². The Morgan fingerprint density at radius 3 is 3.06 bits per heavy atom. The summed E-state index contributed by atoms with van der Waals surface area (Å²) in [5, 5.41) is 2.96. The molecule has 0 aromatic rings. The summed E-state index contributed by atoms with van der Waals surface area (Å²) in [5.41, 5.74) is 5.53. The van der Waals surface area contributed by atoms with Gasteiger partial charge in [0.05, 0.1) is 25.4 Å². The molecule has 6 heteroatoms.